The number of benzene rings is 1. The van der Waals surface area contributed by atoms with Crippen LogP contribution < -0.4 is 10.1 Å². The minimum atomic E-state index is -0.0156. The molecule has 2 amide bonds. The van der Waals surface area contributed by atoms with Crippen LogP contribution >= 0.6 is 0 Å². The van der Waals surface area contributed by atoms with Crippen LogP contribution in [0.15, 0.2) is 30.5 Å². The van der Waals surface area contributed by atoms with Gasteiger partial charge in [0.1, 0.15) is 5.75 Å². The molecule has 1 aromatic carbocycles. The maximum absolute atomic E-state index is 12.1. The quantitative estimate of drug-likeness (QED) is 0.926. The van der Waals surface area contributed by atoms with Gasteiger partial charge in [0.25, 0.3) is 0 Å². The number of nitrogens with zero attached hydrogens (tertiary/aromatic N) is 1. The molecule has 0 aromatic heterocycles. The summed E-state index contributed by atoms with van der Waals surface area (Å²) in [6.45, 7) is 6.07. The summed E-state index contributed by atoms with van der Waals surface area (Å²) < 4.78 is 5.11. The summed E-state index contributed by atoms with van der Waals surface area (Å²) in [5.74, 6) is 1.97. The molecule has 1 fully saturated rings. The number of urea groups is 1. The topological polar surface area (TPSA) is 41.6 Å². The van der Waals surface area contributed by atoms with Crippen molar-refractivity contribution in [2.45, 2.75) is 20.3 Å². The number of carbonyl (C=O) groups is 1. The number of amides is 2. The fourth-order valence-corrected chi connectivity index (χ4v) is 2.84. The minimum Gasteiger partial charge on any atom is -0.497 e. The van der Waals surface area contributed by atoms with Gasteiger partial charge in [-0.05, 0) is 42.0 Å². The number of hydrogen-bond acceptors (Lipinski definition) is 2. The van der Waals surface area contributed by atoms with E-state index in [1.807, 2.05) is 35.2 Å². The second-order valence-corrected chi connectivity index (χ2v) is 5.91. The third-order valence-corrected chi connectivity index (χ3v) is 3.75. The van der Waals surface area contributed by atoms with Crippen molar-refractivity contribution >= 4 is 12.1 Å². The maximum atomic E-state index is 12.1. The van der Waals surface area contributed by atoms with Gasteiger partial charge in [0.15, 0.2) is 0 Å². The molecule has 0 spiro atoms. The van der Waals surface area contributed by atoms with Crippen LogP contribution in [0.4, 0.5) is 4.79 Å². The van der Waals surface area contributed by atoms with Crippen LogP contribution in [-0.2, 0) is 0 Å². The number of methoxy groups -OCH3 is 1. The summed E-state index contributed by atoms with van der Waals surface area (Å²) in [6, 6.07) is 7.68. The molecule has 1 N–H and O–H groups in total. The van der Waals surface area contributed by atoms with Gasteiger partial charge in [-0.25, -0.2) is 4.79 Å². The van der Waals surface area contributed by atoms with E-state index >= 15 is 0 Å². The molecule has 1 saturated heterocycles. The Morgan fingerprint density at radius 2 is 1.86 bits per heavy atom. The zero-order valence-electron chi connectivity index (χ0n) is 13.0. The van der Waals surface area contributed by atoms with Crippen LogP contribution in [0.2, 0.25) is 0 Å². The number of hydrogen-bond donors (Lipinski definition) is 1. The number of rotatable bonds is 3. The highest BCUT2D eigenvalue weighted by Gasteiger charge is 2.24. The highest BCUT2D eigenvalue weighted by Crippen LogP contribution is 2.20. The van der Waals surface area contributed by atoms with Crippen LogP contribution in [0, 0.1) is 11.8 Å². The van der Waals surface area contributed by atoms with Crippen LogP contribution in [-0.4, -0.2) is 31.1 Å². The van der Waals surface area contributed by atoms with Gasteiger partial charge >= 0.3 is 6.03 Å². The third-order valence-electron chi connectivity index (χ3n) is 3.75. The number of likely N-dealkylation sites (tertiary alicyclic amines) is 1. The summed E-state index contributed by atoms with van der Waals surface area (Å²) in [5.41, 5.74) is 1.02. The third kappa shape index (κ3) is 4.52. The zero-order valence-corrected chi connectivity index (χ0v) is 13.0. The molecule has 0 aliphatic carbocycles. The Bertz CT molecular complexity index is 486. The first kappa shape index (κ1) is 15.4. The van der Waals surface area contributed by atoms with Crippen molar-refractivity contribution in [3.63, 3.8) is 0 Å². The molecule has 1 aliphatic rings. The number of nitrogens with one attached hydrogen (secondary N) is 1. The Morgan fingerprint density at radius 1 is 1.24 bits per heavy atom. The van der Waals surface area contributed by atoms with Crippen molar-refractivity contribution in [1.82, 2.24) is 10.2 Å². The normalized spacial score (nSPS) is 22.3. The van der Waals surface area contributed by atoms with Crippen molar-refractivity contribution in [1.29, 1.82) is 0 Å². The van der Waals surface area contributed by atoms with Crippen molar-refractivity contribution < 1.29 is 9.53 Å². The number of carbonyl (C=O) groups excluding carboxylic acids is 1. The Morgan fingerprint density at radius 3 is 2.43 bits per heavy atom. The van der Waals surface area contributed by atoms with Crippen molar-refractivity contribution in [3.05, 3.63) is 36.0 Å². The fourth-order valence-electron chi connectivity index (χ4n) is 2.84. The minimum absolute atomic E-state index is 0.0156. The van der Waals surface area contributed by atoms with Gasteiger partial charge < -0.3 is 15.0 Å². The average molecular weight is 288 g/mol. The first-order valence-electron chi connectivity index (χ1n) is 7.44. The second-order valence-electron chi connectivity index (χ2n) is 5.91. The summed E-state index contributed by atoms with van der Waals surface area (Å²) in [6.07, 6.45) is 4.79. The SMILES string of the molecule is COc1ccc(/C=C/NC(=O)N2CC(C)CC(C)C2)cc1. The van der Waals surface area contributed by atoms with Gasteiger partial charge in [-0.2, -0.15) is 0 Å². The van der Waals surface area contributed by atoms with Crippen LogP contribution in [0.1, 0.15) is 25.8 Å². The second kappa shape index (κ2) is 7.16. The summed E-state index contributed by atoms with van der Waals surface area (Å²) >= 11 is 0. The van der Waals surface area contributed by atoms with Crippen molar-refractivity contribution in [3.8, 4) is 5.75 Å². The van der Waals surface area contributed by atoms with Gasteiger partial charge in [-0.15, -0.1) is 0 Å². The Kier molecular flexibility index (Phi) is 5.26. The van der Waals surface area contributed by atoms with E-state index in [-0.39, 0.29) is 6.03 Å². The molecule has 1 heterocycles. The standard InChI is InChI=1S/C17H24N2O2/c1-13-10-14(2)12-19(11-13)17(20)18-9-8-15-4-6-16(21-3)7-5-15/h4-9,13-14H,10-12H2,1-3H3,(H,18,20)/b9-8+. The molecule has 0 bridgehead atoms. The van der Waals surface area contributed by atoms with Crippen molar-refractivity contribution in [2.24, 2.45) is 11.8 Å². The molecule has 0 radical (unpaired) electrons. The lowest BCUT2D eigenvalue weighted by Crippen LogP contribution is -2.46. The van der Waals surface area contributed by atoms with E-state index in [9.17, 15) is 4.79 Å². The molecule has 21 heavy (non-hydrogen) atoms. The molecule has 1 aliphatic heterocycles. The Hall–Kier alpha value is -1.97. The van der Waals surface area contributed by atoms with E-state index in [1.165, 1.54) is 6.42 Å². The lowest BCUT2D eigenvalue weighted by Gasteiger charge is -2.34. The Labute approximate surface area is 126 Å². The van der Waals surface area contributed by atoms with E-state index in [0.29, 0.717) is 11.8 Å². The Balaban J connectivity index is 1.86. The first-order valence-corrected chi connectivity index (χ1v) is 7.44. The predicted molar refractivity (Wildman–Crippen MR) is 85.1 cm³/mol. The van der Waals surface area contributed by atoms with Crippen LogP contribution in [0.3, 0.4) is 0 Å². The van der Waals surface area contributed by atoms with E-state index < -0.39 is 0 Å². The summed E-state index contributed by atoms with van der Waals surface area (Å²) in [7, 11) is 1.64. The van der Waals surface area contributed by atoms with E-state index in [1.54, 1.807) is 13.3 Å². The molecule has 2 unspecified atom stereocenters. The first-order chi connectivity index (χ1) is 10.1. The van der Waals surface area contributed by atoms with Crippen molar-refractivity contribution in [2.75, 3.05) is 20.2 Å². The lowest BCUT2D eigenvalue weighted by atomic mass is 9.92. The van der Waals surface area contributed by atoms with E-state index in [2.05, 4.69) is 19.2 Å². The predicted octanol–water partition coefficient (Wildman–Crippen LogP) is 3.35. The molecule has 0 saturated carbocycles. The van der Waals surface area contributed by atoms with Crippen LogP contribution in [0.25, 0.3) is 6.08 Å². The van der Waals surface area contributed by atoms with Gasteiger partial charge in [0, 0.05) is 19.3 Å². The zero-order chi connectivity index (χ0) is 15.2. The summed E-state index contributed by atoms with van der Waals surface area (Å²) in [4.78, 5) is 14.0. The highest BCUT2D eigenvalue weighted by molar-refractivity contribution is 5.76. The lowest BCUT2D eigenvalue weighted by molar-refractivity contribution is 0.149. The molecular weight excluding hydrogens is 264 g/mol. The molecule has 4 nitrogen and oxygen atoms in total. The van der Waals surface area contributed by atoms with E-state index in [0.717, 1.165) is 24.4 Å². The monoisotopic (exact) mass is 288 g/mol. The van der Waals surface area contributed by atoms with Crippen LogP contribution in [0.5, 0.6) is 5.75 Å². The number of ether oxygens (including phenoxy) is 1. The molecule has 1 aromatic rings. The smallest absolute Gasteiger partial charge is 0.321 e. The van der Waals surface area contributed by atoms with E-state index in [4.69, 9.17) is 4.74 Å². The average Bonchev–Trinajstić information content (AvgIpc) is 2.47. The molecule has 4 heteroatoms. The van der Waals surface area contributed by atoms with Gasteiger partial charge in [0.05, 0.1) is 7.11 Å². The molecule has 2 atom stereocenters. The van der Waals surface area contributed by atoms with Gasteiger partial charge in [-0.3, -0.25) is 0 Å². The summed E-state index contributed by atoms with van der Waals surface area (Å²) in [5, 5.41) is 2.85. The largest absolute Gasteiger partial charge is 0.497 e. The van der Waals surface area contributed by atoms with Gasteiger partial charge in [-0.1, -0.05) is 26.0 Å². The highest BCUT2D eigenvalue weighted by atomic mass is 16.5. The molecule has 2 rings (SSSR count). The maximum Gasteiger partial charge on any atom is 0.321 e. The fraction of sp³-hybridized carbons (Fsp3) is 0.471. The molecular formula is C17H24N2O2. The number of piperidine rings is 1. The molecule has 114 valence electrons. The van der Waals surface area contributed by atoms with Gasteiger partial charge in [0.2, 0.25) is 0 Å².